The number of carbonyl (C=O) groups is 1. The van der Waals surface area contributed by atoms with Gasteiger partial charge in [-0.1, -0.05) is 30.9 Å². The van der Waals surface area contributed by atoms with Gasteiger partial charge in [-0.25, -0.2) is 0 Å². The third-order valence-corrected chi connectivity index (χ3v) is 3.81. The molecule has 0 atom stereocenters. The first-order chi connectivity index (χ1) is 13.0. The van der Waals surface area contributed by atoms with Gasteiger partial charge < -0.3 is 15.0 Å². The van der Waals surface area contributed by atoms with Gasteiger partial charge in [-0.3, -0.25) is 14.9 Å². The van der Waals surface area contributed by atoms with Gasteiger partial charge in [-0.2, -0.15) is 0 Å². The average molecular weight is 369 g/mol. The Balaban J connectivity index is 1.78. The molecule has 0 aliphatic heterocycles. The van der Waals surface area contributed by atoms with Gasteiger partial charge in [0.05, 0.1) is 4.92 Å². The summed E-state index contributed by atoms with van der Waals surface area (Å²) in [6.07, 6.45) is 1.99. The highest BCUT2D eigenvalue weighted by molar-refractivity contribution is 5.91. The van der Waals surface area contributed by atoms with Crippen LogP contribution >= 0.6 is 0 Å². The zero-order chi connectivity index (χ0) is 19.6. The van der Waals surface area contributed by atoms with Crippen LogP contribution in [0.4, 0.5) is 11.4 Å². The van der Waals surface area contributed by atoms with E-state index in [4.69, 9.17) is 4.74 Å². The van der Waals surface area contributed by atoms with Crippen molar-refractivity contribution in [3.63, 3.8) is 0 Å². The Hall–Kier alpha value is -3.19. The first kappa shape index (κ1) is 20.1. The molecule has 7 heteroatoms. The van der Waals surface area contributed by atoms with E-state index < -0.39 is 4.92 Å². The van der Waals surface area contributed by atoms with E-state index in [1.807, 2.05) is 36.2 Å². The molecule has 2 aromatic rings. The van der Waals surface area contributed by atoms with E-state index in [1.165, 1.54) is 12.1 Å². The normalized spacial score (nSPS) is 10.4. The molecule has 0 bridgehead atoms. The zero-order valence-corrected chi connectivity index (χ0v) is 15.3. The number of ether oxygens (including phenoxy) is 1. The molecular formula is C20H23N3O4. The molecule has 0 radical (unpaired) electrons. The molecule has 0 aromatic heterocycles. The van der Waals surface area contributed by atoms with Gasteiger partial charge in [-0.05, 0) is 30.8 Å². The number of benzene rings is 2. The molecule has 0 saturated heterocycles. The van der Waals surface area contributed by atoms with Crippen molar-refractivity contribution in [3.05, 3.63) is 76.9 Å². The minimum absolute atomic E-state index is 0.0505. The van der Waals surface area contributed by atoms with Crippen molar-refractivity contribution >= 4 is 17.3 Å². The third kappa shape index (κ3) is 6.91. The Labute approximate surface area is 158 Å². The van der Waals surface area contributed by atoms with E-state index in [0.717, 1.165) is 11.3 Å². The molecule has 7 nitrogen and oxygen atoms in total. The van der Waals surface area contributed by atoms with Crippen LogP contribution in [-0.2, 0) is 11.3 Å². The van der Waals surface area contributed by atoms with E-state index in [-0.39, 0.29) is 11.6 Å². The zero-order valence-electron chi connectivity index (χ0n) is 15.3. The molecule has 142 valence electrons. The van der Waals surface area contributed by atoms with Crippen LogP contribution in [0.15, 0.2) is 61.2 Å². The Bertz CT molecular complexity index is 790. The van der Waals surface area contributed by atoms with Gasteiger partial charge >= 0.3 is 0 Å². The number of amides is 1. The summed E-state index contributed by atoms with van der Waals surface area (Å²) in [5.41, 5.74) is 1.49. The van der Waals surface area contributed by atoms with Gasteiger partial charge in [0.25, 0.3) is 5.69 Å². The molecule has 0 aliphatic carbocycles. The summed E-state index contributed by atoms with van der Waals surface area (Å²) in [6, 6.07) is 13.7. The number of anilines is 1. The number of hydrogen-bond donors (Lipinski definition) is 1. The molecule has 1 amide bonds. The number of nitro groups is 1. The smallest absolute Gasteiger partial charge is 0.271 e. The molecule has 0 unspecified atom stereocenters. The van der Waals surface area contributed by atoms with Crippen molar-refractivity contribution in [1.29, 1.82) is 0 Å². The minimum Gasteiger partial charge on any atom is -0.490 e. The van der Waals surface area contributed by atoms with Crippen molar-refractivity contribution in [2.75, 3.05) is 25.5 Å². The number of nitrogens with zero attached hydrogens (tertiary/aromatic N) is 2. The van der Waals surface area contributed by atoms with Crippen LogP contribution in [0.3, 0.4) is 0 Å². The van der Waals surface area contributed by atoms with E-state index in [1.54, 1.807) is 18.2 Å². The maximum atomic E-state index is 12.1. The summed E-state index contributed by atoms with van der Waals surface area (Å²) in [5.74, 6) is 0.605. The monoisotopic (exact) mass is 369 g/mol. The molecule has 0 aliphatic rings. The van der Waals surface area contributed by atoms with Crippen molar-refractivity contribution in [1.82, 2.24) is 4.90 Å². The first-order valence-electron chi connectivity index (χ1n) is 8.53. The van der Waals surface area contributed by atoms with E-state index >= 15 is 0 Å². The highest BCUT2D eigenvalue weighted by Crippen LogP contribution is 2.17. The number of nitrogens with one attached hydrogen (secondary N) is 1. The molecular weight excluding hydrogens is 346 g/mol. The molecule has 0 heterocycles. The number of nitro benzene ring substituents is 1. The van der Waals surface area contributed by atoms with Crippen LogP contribution < -0.4 is 10.1 Å². The number of rotatable bonds is 10. The Morgan fingerprint density at radius 2 is 2.04 bits per heavy atom. The van der Waals surface area contributed by atoms with Crippen molar-refractivity contribution in [2.45, 2.75) is 13.0 Å². The van der Waals surface area contributed by atoms with E-state index in [9.17, 15) is 14.9 Å². The van der Waals surface area contributed by atoms with Crippen molar-refractivity contribution < 1.29 is 14.5 Å². The second kappa shape index (κ2) is 10.1. The van der Waals surface area contributed by atoms with Gasteiger partial charge in [0.15, 0.2) is 0 Å². The average Bonchev–Trinajstić information content (AvgIpc) is 2.66. The summed E-state index contributed by atoms with van der Waals surface area (Å²) in [5, 5.41) is 13.5. The predicted molar refractivity (Wildman–Crippen MR) is 105 cm³/mol. The minimum atomic E-state index is -0.489. The van der Waals surface area contributed by atoms with Gasteiger partial charge in [0.1, 0.15) is 12.4 Å². The quantitative estimate of drug-likeness (QED) is 0.393. The maximum absolute atomic E-state index is 12.1. The lowest BCUT2D eigenvalue weighted by Gasteiger charge is -2.16. The standard InChI is InChI=1S/C20H23N3O4/c1-3-13-27-19-9-7-16(8-10-19)15-22(2)12-11-20(24)21-17-5-4-6-18(14-17)23(25)26/h3-10,14H,1,11-13,15H2,2H3,(H,21,24). The van der Waals surface area contributed by atoms with Crippen molar-refractivity contribution in [3.8, 4) is 5.75 Å². The highest BCUT2D eigenvalue weighted by atomic mass is 16.6. The summed E-state index contributed by atoms with van der Waals surface area (Å²) in [4.78, 5) is 24.4. The summed E-state index contributed by atoms with van der Waals surface area (Å²) in [6.45, 7) is 5.35. The molecule has 2 aromatic carbocycles. The molecule has 1 N–H and O–H groups in total. The van der Waals surface area contributed by atoms with Crippen LogP contribution in [0.5, 0.6) is 5.75 Å². The Morgan fingerprint density at radius 3 is 2.70 bits per heavy atom. The second-order valence-corrected chi connectivity index (χ2v) is 6.09. The Morgan fingerprint density at radius 1 is 1.30 bits per heavy atom. The number of carbonyl (C=O) groups excluding carboxylic acids is 1. The predicted octanol–water partition coefficient (Wildman–Crippen LogP) is 3.62. The summed E-state index contributed by atoms with van der Waals surface area (Å²) < 4.78 is 5.45. The van der Waals surface area contributed by atoms with E-state index in [0.29, 0.717) is 31.8 Å². The van der Waals surface area contributed by atoms with Crippen molar-refractivity contribution in [2.24, 2.45) is 0 Å². The van der Waals surface area contributed by atoms with Crippen LogP contribution in [-0.4, -0.2) is 35.9 Å². The fraction of sp³-hybridized carbons (Fsp3) is 0.250. The van der Waals surface area contributed by atoms with Gasteiger partial charge in [-0.15, -0.1) is 0 Å². The molecule has 2 rings (SSSR count). The third-order valence-electron chi connectivity index (χ3n) is 3.81. The lowest BCUT2D eigenvalue weighted by Crippen LogP contribution is -2.24. The second-order valence-electron chi connectivity index (χ2n) is 6.09. The maximum Gasteiger partial charge on any atom is 0.271 e. The Kier molecular flexibility index (Phi) is 7.51. The van der Waals surface area contributed by atoms with Crippen LogP contribution in [0.25, 0.3) is 0 Å². The topological polar surface area (TPSA) is 84.7 Å². The number of non-ortho nitro benzene ring substituents is 1. The van der Waals surface area contributed by atoms with Gasteiger partial charge in [0, 0.05) is 37.3 Å². The SMILES string of the molecule is C=CCOc1ccc(CN(C)CCC(=O)Nc2cccc([N+](=O)[O-])c2)cc1. The van der Waals surface area contributed by atoms with Crippen LogP contribution in [0.2, 0.25) is 0 Å². The fourth-order valence-electron chi connectivity index (χ4n) is 2.45. The fourth-order valence-corrected chi connectivity index (χ4v) is 2.45. The van der Waals surface area contributed by atoms with Gasteiger partial charge in [0.2, 0.25) is 5.91 Å². The molecule has 0 spiro atoms. The summed E-state index contributed by atoms with van der Waals surface area (Å²) >= 11 is 0. The molecule has 27 heavy (non-hydrogen) atoms. The molecule has 0 fully saturated rings. The first-order valence-corrected chi connectivity index (χ1v) is 8.53. The largest absolute Gasteiger partial charge is 0.490 e. The van der Waals surface area contributed by atoms with Crippen LogP contribution in [0, 0.1) is 10.1 Å². The van der Waals surface area contributed by atoms with E-state index in [2.05, 4.69) is 11.9 Å². The lowest BCUT2D eigenvalue weighted by molar-refractivity contribution is -0.384. The molecule has 0 saturated carbocycles. The lowest BCUT2D eigenvalue weighted by atomic mass is 10.2. The highest BCUT2D eigenvalue weighted by Gasteiger charge is 2.09. The van der Waals surface area contributed by atoms with Crippen LogP contribution in [0.1, 0.15) is 12.0 Å². The number of hydrogen-bond acceptors (Lipinski definition) is 5. The summed E-state index contributed by atoms with van der Waals surface area (Å²) in [7, 11) is 1.93.